The first-order valence-electron chi connectivity index (χ1n) is 8.74. The van der Waals surface area contributed by atoms with Gasteiger partial charge in [-0.15, -0.1) is 0 Å². The van der Waals surface area contributed by atoms with Crippen LogP contribution in [0, 0.1) is 13.8 Å². The predicted octanol–water partition coefficient (Wildman–Crippen LogP) is 3.62. The molecule has 0 atom stereocenters. The maximum atomic E-state index is 12.6. The third-order valence-electron chi connectivity index (χ3n) is 4.06. The predicted molar refractivity (Wildman–Crippen MR) is 104 cm³/mol. The first-order valence-corrected chi connectivity index (χ1v) is 10.2. The van der Waals surface area contributed by atoms with Gasteiger partial charge in [-0.3, -0.25) is 0 Å². The standard InChI is InChI=1S/C20H27NO4S/c1-5-6-17-7-9-18(10-8-17)25-12-11-21-26(22,23)20-15(2)13-19(24-4)14-16(20)3/h7-10,13-14,21H,5-6,11-12H2,1-4H3. The molecule has 0 fully saturated rings. The summed E-state index contributed by atoms with van der Waals surface area (Å²) in [6.45, 7) is 6.13. The van der Waals surface area contributed by atoms with Crippen molar-refractivity contribution in [2.45, 2.75) is 38.5 Å². The van der Waals surface area contributed by atoms with Crippen molar-refractivity contribution in [2.24, 2.45) is 0 Å². The van der Waals surface area contributed by atoms with Crippen molar-refractivity contribution in [3.63, 3.8) is 0 Å². The van der Waals surface area contributed by atoms with Gasteiger partial charge >= 0.3 is 0 Å². The molecule has 0 bridgehead atoms. The van der Waals surface area contributed by atoms with Crippen LogP contribution in [-0.2, 0) is 16.4 Å². The summed E-state index contributed by atoms with van der Waals surface area (Å²) in [4.78, 5) is 0.294. The Morgan fingerprint density at radius 3 is 2.15 bits per heavy atom. The first-order chi connectivity index (χ1) is 12.4. The zero-order valence-corrected chi connectivity index (χ0v) is 16.7. The van der Waals surface area contributed by atoms with Gasteiger partial charge < -0.3 is 9.47 Å². The highest BCUT2D eigenvalue weighted by Gasteiger charge is 2.20. The van der Waals surface area contributed by atoms with Gasteiger partial charge in [-0.25, -0.2) is 13.1 Å². The minimum Gasteiger partial charge on any atom is -0.497 e. The van der Waals surface area contributed by atoms with Gasteiger partial charge in [0.25, 0.3) is 0 Å². The largest absolute Gasteiger partial charge is 0.497 e. The minimum absolute atomic E-state index is 0.198. The molecule has 0 heterocycles. The lowest BCUT2D eigenvalue weighted by atomic mass is 10.1. The number of hydrogen-bond acceptors (Lipinski definition) is 4. The Bertz CT molecular complexity index is 806. The van der Waals surface area contributed by atoms with Crippen molar-refractivity contribution in [3.8, 4) is 11.5 Å². The molecule has 0 aromatic heterocycles. The normalized spacial score (nSPS) is 11.4. The van der Waals surface area contributed by atoms with Gasteiger partial charge in [0, 0.05) is 6.54 Å². The summed E-state index contributed by atoms with van der Waals surface area (Å²) < 4.78 is 38.6. The Kier molecular flexibility index (Phi) is 7.06. The monoisotopic (exact) mass is 377 g/mol. The Hall–Kier alpha value is -2.05. The molecule has 0 aliphatic rings. The first kappa shape index (κ1) is 20.3. The van der Waals surface area contributed by atoms with Gasteiger partial charge in [-0.05, 0) is 61.2 Å². The van der Waals surface area contributed by atoms with E-state index in [1.165, 1.54) is 5.56 Å². The van der Waals surface area contributed by atoms with E-state index in [1.807, 2.05) is 24.3 Å². The smallest absolute Gasteiger partial charge is 0.241 e. The molecule has 0 radical (unpaired) electrons. The van der Waals surface area contributed by atoms with Crippen LogP contribution in [0.25, 0.3) is 0 Å². The van der Waals surface area contributed by atoms with Crippen LogP contribution in [0.4, 0.5) is 0 Å². The molecular weight excluding hydrogens is 350 g/mol. The molecule has 142 valence electrons. The summed E-state index contributed by atoms with van der Waals surface area (Å²) >= 11 is 0. The molecule has 0 saturated carbocycles. The van der Waals surface area contributed by atoms with E-state index in [1.54, 1.807) is 33.1 Å². The van der Waals surface area contributed by atoms with Crippen LogP contribution in [0.3, 0.4) is 0 Å². The number of aryl methyl sites for hydroxylation is 3. The molecule has 2 aromatic carbocycles. The second-order valence-electron chi connectivity index (χ2n) is 6.23. The van der Waals surface area contributed by atoms with Crippen molar-refractivity contribution in [1.29, 1.82) is 0 Å². The average Bonchev–Trinajstić information content (AvgIpc) is 2.59. The van der Waals surface area contributed by atoms with Crippen LogP contribution in [0.5, 0.6) is 11.5 Å². The zero-order valence-electron chi connectivity index (χ0n) is 15.8. The van der Waals surface area contributed by atoms with E-state index in [0.717, 1.165) is 18.6 Å². The number of sulfonamides is 1. The SMILES string of the molecule is CCCc1ccc(OCCNS(=O)(=O)c2c(C)cc(OC)cc2C)cc1. The fourth-order valence-electron chi connectivity index (χ4n) is 2.91. The lowest BCUT2D eigenvalue weighted by Crippen LogP contribution is -2.29. The molecule has 1 N–H and O–H groups in total. The number of nitrogens with one attached hydrogen (secondary N) is 1. The van der Waals surface area contributed by atoms with Crippen LogP contribution in [0.15, 0.2) is 41.3 Å². The van der Waals surface area contributed by atoms with Crippen LogP contribution >= 0.6 is 0 Å². The van der Waals surface area contributed by atoms with Gasteiger partial charge in [-0.1, -0.05) is 25.5 Å². The van der Waals surface area contributed by atoms with Gasteiger partial charge in [0.1, 0.15) is 18.1 Å². The summed E-state index contributed by atoms with van der Waals surface area (Å²) in [5.41, 5.74) is 2.58. The number of rotatable bonds is 9. The fourth-order valence-corrected chi connectivity index (χ4v) is 4.37. The van der Waals surface area contributed by atoms with E-state index >= 15 is 0 Å². The van der Waals surface area contributed by atoms with Crippen LogP contribution in [0.2, 0.25) is 0 Å². The fraction of sp³-hybridized carbons (Fsp3) is 0.400. The molecule has 0 aliphatic heterocycles. The highest BCUT2D eigenvalue weighted by molar-refractivity contribution is 7.89. The summed E-state index contributed by atoms with van der Waals surface area (Å²) in [6.07, 6.45) is 2.15. The second kappa shape index (κ2) is 9.05. The van der Waals surface area contributed by atoms with Crippen LogP contribution in [-0.4, -0.2) is 28.7 Å². The Morgan fingerprint density at radius 1 is 1.00 bits per heavy atom. The van der Waals surface area contributed by atoms with Gasteiger partial charge in [-0.2, -0.15) is 0 Å². The van der Waals surface area contributed by atoms with Gasteiger partial charge in [0.2, 0.25) is 10.0 Å². The maximum absolute atomic E-state index is 12.6. The van der Waals surface area contributed by atoms with E-state index in [4.69, 9.17) is 9.47 Å². The van der Waals surface area contributed by atoms with Crippen molar-refractivity contribution in [2.75, 3.05) is 20.3 Å². The quantitative estimate of drug-likeness (QED) is 0.678. The maximum Gasteiger partial charge on any atom is 0.241 e. The molecule has 0 unspecified atom stereocenters. The van der Waals surface area contributed by atoms with Crippen molar-refractivity contribution in [1.82, 2.24) is 4.72 Å². The molecule has 5 nitrogen and oxygen atoms in total. The molecule has 0 amide bonds. The molecule has 6 heteroatoms. The van der Waals surface area contributed by atoms with Crippen LogP contribution < -0.4 is 14.2 Å². The Morgan fingerprint density at radius 2 is 1.62 bits per heavy atom. The number of methoxy groups -OCH3 is 1. The summed E-state index contributed by atoms with van der Waals surface area (Å²) in [6, 6.07) is 11.3. The number of ether oxygens (including phenoxy) is 2. The molecule has 26 heavy (non-hydrogen) atoms. The lowest BCUT2D eigenvalue weighted by molar-refractivity contribution is 0.322. The third kappa shape index (κ3) is 5.22. The van der Waals surface area contributed by atoms with Crippen molar-refractivity contribution in [3.05, 3.63) is 53.1 Å². The molecule has 0 spiro atoms. The van der Waals surface area contributed by atoms with Gasteiger partial charge in [0.05, 0.1) is 12.0 Å². The molecule has 0 aliphatic carbocycles. The third-order valence-corrected chi connectivity index (χ3v) is 5.83. The highest BCUT2D eigenvalue weighted by Crippen LogP contribution is 2.25. The topological polar surface area (TPSA) is 64.6 Å². The van der Waals surface area contributed by atoms with E-state index in [2.05, 4.69) is 11.6 Å². The second-order valence-corrected chi connectivity index (χ2v) is 7.93. The highest BCUT2D eigenvalue weighted by atomic mass is 32.2. The molecule has 2 aromatic rings. The molecule has 2 rings (SSSR count). The van der Waals surface area contributed by atoms with Crippen molar-refractivity contribution >= 4 is 10.0 Å². The minimum atomic E-state index is -3.60. The number of hydrogen-bond donors (Lipinski definition) is 1. The average molecular weight is 378 g/mol. The van der Waals surface area contributed by atoms with Gasteiger partial charge in [0.15, 0.2) is 0 Å². The molecular formula is C20H27NO4S. The van der Waals surface area contributed by atoms with E-state index < -0.39 is 10.0 Å². The van der Waals surface area contributed by atoms with Crippen molar-refractivity contribution < 1.29 is 17.9 Å². The number of benzene rings is 2. The van der Waals surface area contributed by atoms with E-state index in [9.17, 15) is 8.42 Å². The van der Waals surface area contributed by atoms with E-state index in [-0.39, 0.29) is 13.2 Å². The van der Waals surface area contributed by atoms with Crippen LogP contribution in [0.1, 0.15) is 30.0 Å². The molecule has 0 saturated heterocycles. The summed E-state index contributed by atoms with van der Waals surface area (Å²) in [5.74, 6) is 1.38. The summed E-state index contributed by atoms with van der Waals surface area (Å²) in [7, 11) is -2.04. The lowest BCUT2D eigenvalue weighted by Gasteiger charge is -2.14. The Balaban J connectivity index is 1.94. The summed E-state index contributed by atoms with van der Waals surface area (Å²) in [5, 5.41) is 0. The Labute approximate surface area is 156 Å². The zero-order chi connectivity index (χ0) is 19.2. The van der Waals surface area contributed by atoms with E-state index in [0.29, 0.717) is 21.8 Å².